The van der Waals surface area contributed by atoms with E-state index in [0.717, 1.165) is 0 Å². The average Bonchev–Trinajstić information content (AvgIpc) is 2.72. The molecule has 0 radical (unpaired) electrons. The molecule has 1 N–H and O–H groups in total. The van der Waals surface area contributed by atoms with Gasteiger partial charge in [0, 0.05) is 10.5 Å². The second kappa shape index (κ2) is 4.68. The number of rotatable bonds is 1. The largest absolute Gasteiger partial charge is 0.338 e. The first-order valence-electron chi connectivity index (χ1n) is 5.35. The highest BCUT2D eigenvalue weighted by atomic mass is 79.9. The van der Waals surface area contributed by atoms with Crippen LogP contribution in [-0.2, 0) is 0 Å². The third-order valence-electron chi connectivity index (χ3n) is 2.72. The van der Waals surface area contributed by atoms with Gasteiger partial charge in [0.2, 0.25) is 0 Å². The van der Waals surface area contributed by atoms with Crippen LogP contribution in [0.2, 0.25) is 0 Å². The van der Waals surface area contributed by atoms with Gasteiger partial charge in [-0.05, 0) is 50.1 Å². The van der Waals surface area contributed by atoms with Crippen molar-refractivity contribution >= 4 is 42.9 Å². The van der Waals surface area contributed by atoms with Crippen molar-refractivity contribution in [2.75, 3.05) is 0 Å². The second-order valence-corrected chi connectivity index (χ2v) is 5.67. The van der Waals surface area contributed by atoms with Gasteiger partial charge >= 0.3 is 0 Å². The topological polar surface area (TPSA) is 28.7 Å². The summed E-state index contributed by atoms with van der Waals surface area (Å²) >= 11 is 6.39. The molecule has 1 aromatic heterocycles. The number of nitrogens with zero attached hydrogens (tertiary/aromatic N) is 1. The van der Waals surface area contributed by atoms with E-state index in [-0.39, 0.29) is 0 Å². The SMILES string of the molecule is Fc1cc2[nH]c(-c3c(F)cccc3Br)nc2cc1Br. The van der Waals surface area contributed by atoms with Crippen molar-refractivity contribution in [2.45, 2.75) is 0 Å². The van der Waals surface area contributed by atoms with Crippen LogP contribution in [-0.4, -0.2) is 9.97 Å². The van der Waals surface area contributed by atoms with Crippen molar-refractivity contribution in [3.8, 4) is 11.4 Å². The van der Waals surface area contributed by atoms with Gasteiger partial charge in [0.15, 0.2) is 0 Å². The van der Waals surface area contributed by atoms with Gasteiger partial charge in [-0.15, -0.1) is 0 Å². The number of imidazole rings is 1. The molecule has 0 atom stereocenters. The van der Waals surface area contributed by atoms with Crippen molar-refractivity contribution < 1.29 is 8.78 Å². The van der Waals surface area contributed by atoms with Gasteiger partial charge in [0.05, 0.1) is 21.1 Å². The Kier molecular flexibility index (Phi) is 3.14. The van der Waals surface area contributed by atoms with Gasteiger partial charge in [-0.3, -0.25) is 0 Å². The van der Waals surface area contributed by atoms with Crippen LogP contribution in [0.1, 0.15) is 0 Å². The fourth-order valence-corrected chi connectivity index (χ4v) is 2.71. The third kappa shape index (κ3) is 2.19. The molecular formula is C13H6Br2F2N2. The number of hydrogen-bond donors (Lipinski definition) is 1. The van der Waals surface area contributed by atoms with E-state index in [0.29, 0.717) is 31.4 Å². The van der Waals surface area contributed by atoms with Gasteiger partial charge in [-0.25, -0.2) is 13.8 Å². The number of hydrogen-bond acceptors (Lipinski definition) is 1. The maximum atomic E-state index is 13.8. The number of aromatic amines is 1. The van der Waals surface area contributed by atoms with E-state index in [1.165, 1.54) is 12.1 Å². The maximum absolute atomic E-state index is 13.8. The molecule has 2 aromatic carbocycles. The fourth-order valence-electron chi connectivity index (χ4n) is 1.85. The van der Waals surface area contributed by atoms with E-state index in [4.69, 9.17) is 0 Å². The summed E-state index contributed by atoms with van der Waals surface area (Å²) in [6.07, 6.45) is 0. The Bertz CT molecular complexity index is 724. The van der Waals surface area contributed by atoms with Crippen molar-refractivity contribution in [2.24, 2.45) is 0 Å². The molecule has 0 bridgehead atoms. The first-order chi connectivity index (χ1) is 9.06. The summed E-state index contributed by atoms with van der Waals surface area (Å²) in [5.74, 6) is -0.430. The normalized spacial score (nSPS) is 11.2. The van der Waals surface area contributed by atoms with Crippen LogP contribution >= 0.6 is 31.9 Å². The molecule has 96 valence electrons. The summed E-state index contributed by atoms with van der Waals surface area (Å²) in [5.41, 5.74) is 1.42. The molecule has 1 heterocycles. The predicted octanol–water partition coefficient (Wildman–Crippen LogP) is 5.03. The average molecular weight is 388 g/mol. The Labute approximate surface area is 124 Å². The van der Waals surface area contributed by atoms with Crippen molar-refractivity contribution in [1.29, 1.82) is 0 Å². The van der Waals surface area contributed by atoms with Gasteiger partial charge in [-0.1, -0.05) is 6.07 Å². The number of H-pyrrole nitrogens is 1. The summed E-state index contributed by atoms with van der Waals surface area (Å²) in [7, 11) is 0. The lowest BCUT2D eigenvalue weighted by Crippen LogP contribution is -1.87. The van der Waals surface area contributed by atoms with Crippen molar-refractivity contribution in [3.05, 3.63) is 50.9 Å². The van der Waals surface area contributed by atoms with Crippen LogP contribution in [0.15, 0.2) is 39.3 Å². The highest BCUT2D eigenvalue weighted by molar-refractivity contribution is 9.10. The number of aromatic nitrogens is 2. The molecule has 3 aromatic rings. The minimum atomic E-state index is -0.395. The van der Waals surface area contributed by atoms with Crippen LogP contribution in [0.25, 0.3) is 22.4 Å². The lowest BCUT2D eigenvalue weighted by Gasteiger charge is -2.01. The quantitative estimate of drug-likeness (QED) is 0.623. The Morgan fingerprint density at radius 2 is 1.79 bits per heavy atom. The summed E-state index contributed by atoms with van der Waals surface area (Å²) in [6.45, 7) is 0. The van der Waals surface area contributed by atoms with Crippen LogP contribution in [0.5, 0.6) is 0 Å². The first kappa shape index (κ1) is 12.7. The Hall–Kier alpha value is -1.27. The zero-order valence-electron chi connectivity index (χ0n) is 9.35. The van der Waals surface area contributed by atoms with Crippen LogP contribution in [0.3, 0.4) is 0 Å². The third-order valence-corrected chi connectivity index (χ3v) is 3.99. The molecule has 3 rings (SSSR count). The van der Waals surface area contributed by atoms with Gasteiger partial charge in [-0.2, -0.15) is 0 Å². The van der Waals surface area contributed by atoms with E-state index in [2.05, 4.69) is 41.8 Å². The molecule has 0 spiro atoms. The molecule has 0 amide bonds. The van der Waals surface area contributed by atoms with E-state index < -0.39 is 11.6 Å². The monoisotopic (exact) mass is 386 g/mol. The van der Waals surface area contributed by atoms with Crippen LogP contribution in [0, 0.1) is 11.6 Å². The fraction of sp³-hybridized carbons (Fsp3) is 0. The maximum Gasteiger partial charge on any atom is 0.142 e. The number of benzene rings is 2. The lowest BCUT2D eigenvalue weighted by molar-refractivity contribution is 0.623. The first-order valence-corrected chi connectivity index (χ1v) is 6.94. The van der Waals surface area contributed by atoms with E-state index in [9.17, 15) is 8.78 Å². The van der Waals surface area contributed by atoms with Crippen molar-refractivity contribution in [1.82, 2.24) is 9.97 Å². The van der Waals surface area contributed by atoms with Gasteiger partial charge in [0.1, 0.15) is 17.5 Å². The summed E-state index contributed by atoms with van der Waals surface area (Å²) in [4.78, 5) is 7.20. The standard InChI is InChI=1S/C13H6Br2F2N2/c14-6-2-1-3-8(16)12(6)13-18-10-4-7(15)9(17)5-11(10)19-13/h1-5H,(H,18,19). The number of fused-ring (bicyclic) bond motifs is 1. The molecule has 0 fully saturated rings. The van der Waals surface area contributed by atoms with E-state index in [1.54, 1.807) is 18.2 Å². The minimum absolute atomic E-state index is 0.325. The Balaban J connectivity index is 2.26. The second-order valence-electron chi connectivity index (χ2n) is 3.97. The Morgan fingerprint density at radius 1 is 1.00 bits per heavy atom. The van der Waals surface area contributed by atoms with Gasteiger partial charge < -0.3 is 4.98 Å². The molecular weight excluding hydrogens is 382 g/mol. The molecule has 0 aliphatic heterocycles. The molecule has 0 saturated carbocycles. The van der Waals surface area contributed by atoms with Crippen LogP contribution in [0.4, 0.5) is 8.78 Å². The highest BCUT2D eigenvalue weighted by Gasteiger charge is 2.14. The summed E-state index contributed by atoms with van der Waals surface area (Å²) in [6, 6.07) is 7.55. The Morgan fingerprint density at radius 3 is 2.53 bits per heavy atom. The molecule has 0 aliphatic rings. The molecule has 0 aliphatic carbocycles. The highest BCUT2D eigenvalue weighted by Crippen LogP contribution is 2.31. The van der Waals surface area contributed by atoms with Crippen molar-refractivity contribution in [3.63, 3.8) is 0 Å². The van der Waals surface area contributed by atoms with E-state index >= 15 is 0 Å². The summed E-state index contributed by atoms with van der Waals surface area (Å²) < 4.78 is 28.2. The molecule has 0 saturated heterocycles. The zero-order valence-corrected chi connectivity index (χ0v) is 12.5. The summed E-state index contributed by atoms with van der Waals surface area (Å²) in [5, 5.41) is 0. The molecule has 19 heavy (non-hydrogen) atoms. The van der Waals surface area contributed by atoms with Crippen LogP contribution < -0.4 is 0 Å². The molecule has 2 nitrogen and oxygen atoms in total. The number of halogens is 4. The number of nitrogens with one attached hydrogen (secondary N) is 1. The zero-order chi connectivity index (χ0) is 13.6. The van der Waals surface area contributed by atoms with Gasteiger partial charge in [0.25, 0.3) is 0 Å². The smallest absolute Gasteiger partial charge is 0.142 e. The lowest BCUT2D eigenvalue weighted by atomic mass is 10.2. The van der Waals surface area contributed by atoms with E-state index in [1.807, 2.05) is 0 Å². The predicted molar refractivity (Wildman–Crippen MR) is 76.8 cm³/mol. The molecule has 0 unspecified atom stereocenters. The molecule has 6 heteroatoms. The minimum Gasteiger partial charge on any atom is -0.338 e.